The fourth-order valence-corrected chi connectivity index (χ4v) is 4.52. The summed E-state index contributed by atoms with van der Waals surface area (Å²) in [7, 11) is 0. The van der Waals surface area contributed by atoms with E-state index in [1.54, 1.807) is 0 Å². The summed E-state index contributed by atoms with van der Waals surface area (Å²) in [5, 5.41) is 0.828. The predicted molar refractivity (Wildman–Crippen MR) is 110 cm³/mol. The van der Waals surface area contributed by atoms with Crippen LogP contribution in [0.1, 0.15) is 18.4 Å². The Labute approximate surface area is 162 Å². The molecule has 3 nitrogen and oxygen atoms in total. The SMILES string of the molecule is Clc1cccc(N2CCN([C@H]3CCCN(Cc4ccccc4)C3)CC2)c1. The lowest BCUT2D eigenvalue weighted by molar-refractivity contribution is 0.0888. The van der Waals surface area contributed by atoms with Gasteiger partial charge in [-0.05, 0) is 43.1 Å². The molecule has 0 saturated carbocycles. The van der Waals surface area contributed by atoms with Gasteiger partial charge in [0.1, 0.15) is 0 Å². The lowest BCUT2D eigenvalue weighted by Crippen LogP contribution is -2.55. The molecule has 1 atom stereocenters. The van der Waals surface area contributed by atoms with E-state index in [1.165, 1.54) is 37.2 Å². The second kappa shape index (κ2) is 8.43. The van der Waals surface area contributed by atoms with Crippen LogP contribution < -0.4 is 4.90 Å². The second-order valence-corrected chi connectivity index (χ2v) is 7.96. The molecule has 4 rings (SSSR count). The average molecular weight is 370 g/mol. The van der Waals surface area contributed by atoms with Crippen LogP contribution in [0, 0.1) is 0 Å². The highest BCUT2D eigenvalue weighted by Crippen LogP contribution is 2.23. The number of hydrogen-bond acceptors (Lipinski definition) is 3. The highest BCUT2D eigenvalue weighted by molar-refractivity contribution is 6.30. The predicted octanol–water partition coefficient (Wildman–Crippen LogP) is 4.13. The largest absolute Gasteiger partial charge is 0.369 e. The van der Waals surface area contributed by atoms with E-state index in [9.17, 15) is 0 Å². The lowest BCUT2D eigenvalue weighted by atomic mass is 10.0. The first-order valence-corrected chi connectivity index (χ1v) is 10.2. The third-order valence-corrected chi connectivity index (χ3v) is 5.97. The van der Waals surface area contributed by atoms with E-state index < -0.39 is 0 Å². The standard InChI is InChI=1S/C22H28ClN3/c23-20-8-4-9-21(16-20)25-12-14-26(15-13-25)22-10-5-11-24(18-22)17-19-6-2-1-3-7-19/h1-4,6-9,16,22H,5,10-15,17-18H2/t22-/m0/s1. The number of anilines is 1. The van der Waals surface area contributed by atoms with Crippen molar-refractivity contribution in [2.75, 3.05) is 44.2 Å². The molecular formula is C22H28ClN3. The minimum absolute atomic E-state index is 0.703. The van der Waals surface area contributed by atoms with Crippen molar-refractivity contribution < 1.29 is 0 Å². The molecular weight excluding hydrogens is 342 g/mol. The monoisotopic (exact) mass is 369 g/mol. The smallest absolute Gasteiger partial charge is 0.0426 e. The summed E-state index contributed by atoms with van der Waals surface area (Å²) in [6, 6.07) is 19.8. The number of piperidine rings is 1. The van der Waals surface area contributed by atoms with Crippen LogP contribution in [0.25, 0.3) is 0 Å². The van der Waals surface area contributed by atoms with Crippen molar-refractivity contribution in [1.29, 1.82) is 0 Å². The van der Waals surface area contributed by atoms with E-state index in [0.29, 0.717) is 6.04 Å². The molecule has 0 amide bonds. The van der Waals surface area contributed by atoms with E-state index in [1.807, 2.05) is 12.1 Å². The molecule has 0 aromatic heterocycles. The van der Waals surface area contributed by atoms with Gasteiger partial charge in [0.05, 0.1) is 0 Å². The topological polar surface area (TPSA) is 9.72 Å². The van der Waals surface area contributed by atoms with Gasteiger partial charge in [0.15, 0.2) is 0 Å². The first kappa shape index (κ1) is 17.8. The van der Waals surface area contributed by atoms with E-state index in [4.69, 9.17) is 11.6 Å². The summed E-state index contributed by atoms with van der Waals surface area (Å²) >= 11 is 6.15. The molecule has 2 aliphatic heterocycles. The quantitative estimate of drug-likeness (QED) is 0.802. The van der Waals surface area contributed by atoms with Crippen LogP contribution >= 0.6 is 11.6 Å². The molecule has 26 heavy (non-hydrogen) atoms. The number of hydrogen-bond donors (Lipinski definition) is 0. The summed E-state index contributed by atoms with van der Waals surface area (Å²) in [5.74, 6) is 0. The van der Waals surface area contributed by atoms with Crippen molar-refractivity contribution in [3.8, 4) is 0 Å². The van der Waals surface area contributed by atoms with Gasteiger partial charge < -0.3 is 4.90 Å². The molecule has 0 spiro atoms. The van der Waals surface area contributed by atoms with Crippen LogP contribution in [0.5, 0.6) is 0 Å². The van der Waals surface area contributed by atoms with Gasteiger partial charge in [-0.25, -0.2) is 0 Å². The van der Waals surface area contributed by atoms with Gasteiger partial charge in [0.2, 0.25) is 0 Å². The van der Waals surface area contributed by atoms with Crippen molar-refractivity contribution in [1.82, 2.24) is 9.80 Å². The molecule has 0 aliphatic carbocycles. The summed E-state index contributed by atoms with van der Waals surface area (Å²) in [5.41, 5.74) is 2.69. The van der Waals surface area contributed by atoms with Crippen LogP contribution in [0.2, 0.25) is 5.02 Å². The molecule has 0 unspecified atom stereocenters. The molecule has 4 heteroatoms. The van der Waals surface area contributed by atoms with E-state index in [0.717, 1.165) is 37.7 Å². The molecule has 0 bridgehead atoms. The first-order valence-electron chi connectivity index (χ1n) is 9.79. The molecule has 2 aliphatic rings. The minimum atomic E-state index is 0.703. The van der Waals surface area contributed by atoms with Crippen molar-refractivity contribution >= 4 is 17.3 Å². The van der Waals surface area contributed by atoms with Crippen molar-refractivity contribution in [3.63, 3.8) is 0 Å². The van der Waals surface area contributed by atoms with Crippen LogP contribution in [-0.2, 0) is 6.54 Å². The summed E-state index contributed by atoms with van der Waals surface area (Å²) < 4.78 is 0. The van der Waals surface area contributed by atoms with Gasteiger partial charge in [-0.1, -0.05) is 48.0 Å². The molecule has 0 radical (unpaired) electrons. The number of nitrogens with zero attached hydrogens (tertiary/aromatic N) is 3. The van der Waals surface area contributed by atoms with E-state index in [2.05, 4.69) is 57.2 Å². The average Bonchev–Trinajstić information content (AvgIpc) is 2.69. The number of rotatable bonds is 4. The zero-order valence-electron chi connectivity index (χ0n) is 15.4. The zero-order valence-corrected chi connectivity index (χ0v) is 16.1. The Kier molecular flexibility index (Phi) is 5.78. The van der Waals surface area contributed by atoms with Crippen molar-refractivity contribution in [3.05, 3.63) is 65.2 Å². The minimum Gasteiger partial charge on any atom is -0.369 e. The fraction of sp³-hybridized carbons (Fsp3) is 0.455. The van der Waals surface area contributed by atoms with Crippen molar-refractivity contribution in [2.24, 2.45) is 0 Å². The third kappa shape index (κ3) is 4.40. The Hall–Kier alpha value is -1.55. The van der Waals surface area contributed by atoms with E-state index >= 15 is 0 Å². The molecule has 2 saturated heterocycles. The maximum absolute atomic E-state index is 6.15. The second-order valence-electron chi connectivity index (χ2n) is 7.52. The van der Waals surface area contributed by atoms with E-state index in [-0.39, 0.29) is 0 Å². The van der Waals surface area contributed by atoms with Crippen LogP contribution in [0.3, 0.4) is 0 Å². The normalized spacial score (nSPS) is 22.5. The summed E-state index contributed by atoms with van der Waals surface area (Å²) in [4.78, 5) is 7.80. The van der Waals surface area contributed by atoms with Gasteiger partial charge in [-0.3, -0.25) is 9.80 Å². The van der Waals surface area contributed by atoms with Crippen LogP contribution in [0.4, 0.5) is 5.69 Å². The van der Waals surface area contributed by atoms with Crippen LogP contribution in [0.15, 0.2) is 54.6 Å². The molecule has 0 N–H and O–H groups in total. The molecule has 2 heterocycles. The van der Waals surface area contributed by atoms with Gasteiger partial charge >= 0.3 is 0 Å². The Balaban J connectivity index is 1.31. The Morgan fingerprint density at radius 1 is 0.885 bits per heavy atom. The first-order chi connectivity index (χ1) is 12.8. The van der Waals surface area contributed by atoms with Gasteiger partial charge in [-0.2, -0.15) is 0 Å². The summed E-state index contributed by atoms with van der Waals surface area (Å²) in [6.45, 7) is 8.00. The highest BCUT2D eigenvalue weighted by atomic mass is 35.5. The summed E-state index contributed by atoms with van der Waals surface area (Å²) in [6.07, 6.45) is 2.65. The molecule has 2 aromatic carbocycles. The number of benzene rings is 2. The number of likely N-dealkylation sites (tertiary alicyclic amines) is 1. The fourth-order valence-electron chi connectivity index (χ4n) is 4.33. The van der Waals surface area contributed by atoms with Gasteiger partial charge in [0, 0.05) is 56.0 Å². The molecule has 2 fully saturated rings. The van der Waals surface area contributed by atoms with Gasteiger partial charge in [-0.15, -0.1) is 0 Å². The van der Waals surface area contributed by atoms with Gasteiger partial charge in [0.25, 0.3) is 0 Å². The maximum Gasteiger partial charge on any atom is 0.0426 e. The zero-order chi connectivity index (χ0) is 17.8. The number of halogens is 1. The van der Waals surface area contributed by atoms with Crippen LogP contribution in [-0.4, -0.2) is 55.1 Å². The van der Waals surface area contributed by atoms with Crippen molar-refractivity contribution in [2.45, 2.75) is 25.4 Å². The highest BCUT2D eigenvalue weighted by Gasteiger charge is 2.28. The molecule has 2 aromatic rings. The maximum atomic E-state index is 6.15. The Morgan fingerprint density at radius 3 is 2.46 bits per heavy atom. The number of piperazine rings is 1. The third-order valence-electron chi connectivity index (χ3n) is 5.73. The Bertz CT molecular complexity index is 698. The Morgan fingerprint density at radius 2 is 1.69 bits per heavy atom. The molecule has 138 valence electrons. The lowest BCUT2D eigenvalue weighted by Gasteiger charge is -2.44.